The molecule has 0 aromatic rings. The van der Waals surface area contributed by atoms with E-state index in [4.69, 9.17) is 35.3 Å². The summed E-state index contributed by atoms with van der Waals surface area (Å²) in [5, 5.41) is 11.7. The zero-order chi connectivity index (χ0) is 28.8. The van der Waals surface area contributed by atoms with Crippen molar-refractivity contribution in [2.75, 3.05) is 19.3 Å². The molecule has 0 aromatic carbocycles. The van der Waals surface area contributed by atoms with Gasteiger partial charge in [-0.25, -0.2) is 18.8 Å². The summed E-state index contributed by atoms with van der Waals surface area (Å²) in [6.07, 6.45) is -2.24. The number of ether oxygens (including phenoxy) is 5. The van der Waals surface area contributed by atoms with Gasteiger partial charge in [-0.15, -0.1) is 0 Å². The van der Waals surface area contributed by atoms with E-state index in [0.29, 0.717) is 5.57 Å². The van der Waals surface area contributed by atoms with Crippen LogP contribution in [0, 0.1) is 28.6 Å². The van der Waals surface area contributed by atoms with Crippen molar-refractivity contribution in [2.24, 2.45) is 28.6 Å². The van der Waals surface area contributed by atoms with Gasteiger partial charge in [0.25, 0.3) is 5.60 Å². The van der Waals surface area contributed by atoms with Gasteiger partial charge in [-0.1, -0.05) is 31.5 Å². The molecule has 1 N–H and O–H groups in total. The van der Waals surface area contributed by atoms with Gasteiger partial charge < -0.3 is 28.8 Å². The third-order valence-electron chi connectivity index (χ3n) is 9.13. The molecule has 0 bridgehead atoms. The molecule has 9 atom stereocenters. The number of hydrogen-bond donors (Lipinski definition) is 1. The molecule has 0 aromatic heterocycles. The van der Waals surface area contributed by atoms with E-state index in [1.165, 1.54) is 12.2 Å². The van der Waals surface area contributed by atoms with Crippen molar-refractivity contribution in [1.29, 1.82) is 0 Å². The molecule has 4 rings (SSSR count). The van der Waals surface area contributed by atoms with Crippen LogP contribution < -0.4 is 0 Å². The Kier molecular flexibility index (Phi) is 8.06. The highest BCUT2D eigenvalue weighted by Gasteiger charge is 2.77. The lowest BCUT2D eigenvalue weighted by Gasteiger charge is -2.59. The Labute approximate surface area is 230 Å². The number of carbonyl (C=O) groups excluding carboxylic acids is 4. The number of carbonyl (C=O) groups is 4. The number of esters is 1. The minimum Gasteiger partial charge on any atom is -0.446 e. The van der Waals surface area contributed by atoms with E-state index in [-0.39, 0.29) is 38.3 Å². The highest BCUT2D eigenvalue weighted by molar-refractivity contribution is 6.17. The summed E-state index contributed by atoms with van der Waals surface area (Å²) in [5.74, 6) is -3.10. The average molecular weight is 573 g/mol. The third kappa shape index (κ3) is 4.51. The number of fused-ring (bicyclic) bond motifs is 5. The molecule has 0 heterocycles. The predicted octanol–water partition coefficient (Wildman–Crippen LogP) is 4.02. The zero-order valence-electron chi connectivity index (χ0n) is 22.3. The fourth-order valence-electron chi connectivity index (χ4n) is 7.73. The van der Waals surface area contributed by atoms with Crippen molar-refractivity contribution in [3.63, 3.8) is 0 Å². The van der Waals surface area contributed by atoms with Crippen LogP contribution in [0.2, 0.25) is 0 Å². The van der Waals surface area contributed by atoms with Crippen LogP contribution in [0.25, 0.3) is 0 Å². The van der Waals surface area contributed by atoms with Gasteiger partial charge in [0.05, 0.1) is 19.3 Å². The summed E-state index contributed by atoms with van der Waals surface area (Å²) in [6.45, 7) is 6.43. The molecular weight excluding hydrogens is 539 g/mol. The third-order valence-corrected chi connectivity index (χ3v) is 9.24. The number of allylic oxidation sites excluding steroid dienone is 4. The molecule has 0 aliphatic heterocycles. The Morgan fingerprint density at radius 2 is 1.77 bits per heavy atom. The van der Waals surface area contributed by atoms with Crippen LogP contribution in [-0.4, -0.2) is 72.4 Å². The number of ketones is 1. The lowest BCUT2D eigenvalue weighted by atomic mass is 9.46. The molecule has 0 unspecified atom stereocenters. The Morgan fingerprint density at radius 3 is 2.41 bits per heavy atom. The highest BCUT2D eigenvalue weighted by atomic mass is 35.5. The van der Waals surface area contributed by atoms with Crippen LogP contribution in [0.5, 0.6) is 0 Å². The van der Waals surface area contributed by atoms with Crippen molar-refractivity contribution >= 4 is 35.7 Å². The highest BCUT2D eigenvalue weighted by Crippen LogP contribution is 2.68. The Morgan fingerprint density at radius 1 is 1.10 bits per heavy atom. The first-order valence-corrected chi connectivity index (χ1v) is 13.6. The Bertz CT molecular complexity index is 1090. The van der Waals surface area contributed by atoms with E-state index in [9.17, 15) is 24.3 Å². The fourth-order valence-corrected chi connectivity index (χ4v) is 7.83. The molecule has 0 amide bonds. The quantitative estimate of drug-likeness (QED) is 0.282. The van der Waals surface area contributed by atoms with E-state index in [1.807, 2.05) is 0 Å². The largest absolute Gasteiger partial charge is 0.509 e. The van der Waals surface area contributed by atoms with Gasteiger partial charge in [0.1, 0.15) is 6.17 Å². The molecule has 3 saturated carbocycles. The van der Waals surface area contributed by atoms with Crippen LogP contribution in [-0.2, 0) is 33.3 Å². The van der Waals surface area contributed by atoms with E-state index in [0.717, 1.165) is 0 Å². The van der Waals surface area contributed by atoms with Gasteiger partial charge in [-0.3, -0.25) is 4.79 Å². The summed E-state index contributed by atoms with van der Waals surface area (Å²) in [6, 6.07) is -0.591. The number of alkyl halides is 2. The van der Waals surface area contributed by atoms with Crippen molar-refractivity contribution in [3.05, 3.63) is 23.8 Å². The number of rotatable bonds is 6. The van der Waals surface area contributed by atoms with Gasteiger partial charge in [0, 0.05) is 16.7 Å². The molecule has 0 saturated heterocycles. The van der Waals surface area contributed by atoms with Crippen molar-refractivity contribution < 1.29 is 52.4 Å². The molecule has 0 radical (unpaired) electrons. The summed E-state index contributed by atoms with van der Waals surface area (Å²) in [7, 11) is 0. The number of halogens is 2. The van der Waals surface area contributed by atoms with Crippen molar-refractivity contribution in [1.82, 2.24) is 0 Å². The number of aliphatic hydroxyl groups is 1. The standard InChI is InChI=1S/C27H34ClFO10/c1-5-35-23(33)38-20-11-16-15-10-18(29)17-9-14(30)7-8-25(17,3)21(15)19(31)12-26(16,4)27(20,22(32)37-13-28)39-24(34)36-6-2/h7-9,15-16,18-21,31H,5-6,10-13H2,1-4H3/t15-,16-,18-,19-,20+,21+,25-,26-,27-/m0/s1. The van der Waals surface area contributed by atoms with Crippen LogP contribution in [0.3, 0.4) is 0 Å². The van der Waals surface area contributed by atoms with Gasteiger partial charge in [0.2, 0.25) is 0 Å². The molecule has 216 valence electrons. The lowest BCUT2D eigenvalue weighted by Crippen LogP contribution is -2.66. The second kappa shape index (κ2) is 10.7. The molecule has 4 aliphatic carbocycles. The normalized spacial score (nSPS) is 40.4. The van der Waals surface area contributed by atoms with E-state index < -0.39 is 76.9 Å². The van der Waals surface area contributed by atoms with Crippen LogP contribution in [0.15, 0.2) is 23.8 Å². The number of aliphatic hydroxyl groups excluding tert-OH is 1. The summed E-state index contributed by atoms with van der Waals surface area (Å²) in [4.78, 5) is 51.0. The SMILES string of the molecule is CCOC(=O)O[C@@H]1C[C@H]2[C@@H]3C[C@H](F)C4=CC(=O)C=C[C@]4(C)[C@H]3[C@@H](O)C[C@]2(C)[C@@]1(OC(=O)OCC)C(=O)OCCl. The molecule has 3 fully saturated rings. The first-order chi connectivity index (χ1) is 18.4. The van der Waals surface area contributed by atoms with E-state index in [2.05, 4.69) is 0 Å². The minimum atomic E-state index is -2.28. The molecule has 10 nitrogen and oxygen atoms in total. The molecular formula is C27H34ClFO10. The summed E-state index contributed by atoms with van der Waals surface area (Å²) < 4.78 is 42.1. The molecule has 4 aliphatic rings. The van der Waals surface area contributed by atoms with Crippen LogP contribution >= 0.6 is 11.6 Å². The first kappa shape index (κ1) is 29.3. The molecule has 0 spiro atoms. The zero-order valence-corrected chi connectivity index (χ0v) is 23.1. The van der Waals surface area contributed by atoms with Crippen molar-refractivity contribution in [2.45, 2.75) is 70.9 Å². The maximum Gasteiger partial charge on any atom is 0.509 e. The van der Waals surface area contributed by atoms with Gasteiger partial charge in [0.15, 0.2) is 18.0 Å². The maximum atomic E-state index is 15.8. The Balaban J connectivity index is 1.86. The minimum absolute atomic E-state index is 0.0183. The number of hydrogen-bond acceptors (Lipinski definition) is 10. The smallest absolute Gasteiger partial charge is 0.446 e. The monoisotopic (exact) mass is 572 g/mol. The van der Waals surface area contributed by atoms with Crippen LogP contribution in [0.4, 0.5) is 14.0 Å². The lowest BCUT2D eigenvalue weighted by molar-refractivity contribution is -0.214. The van der Waals surface area contributed by atoms with Gasteiger partial charge in [-0.2, -0.15) is 0 Å². The average Bonchev–Trinajstić information content (AvgIpc) is 3.08. The summed E-state index contributed by atoms with van der Waals surface area (Å²) >= 11 is 5.74. The topological polar surface area (TPSA) is 135 Å². The summed E-state index contributed by atoms with van der Waals surface area (Å²) in [5.41, 5.74) is -4.35. The molecule has 39 heavy (non-hydrogen) atoms. The maximum absolute atomic E-state index is 15.8. The second-order valence-corrected chi connectivity index (χ2v) is 11.1. The Hall–Kier alpha value is -2.66. The van der Waals surface area contributed by atoms with Crippen molar-refractivity contribution in [3.8, 4) is 0 Å². The first-order valence-electron chi connectivity index (χ1n) is 13.1. The van der Waals surface area contributed by atoms with Gasteiger partial charge >= 0.3 is 18.3 Å². The van der Waals surface area contributed by atoms with Gasteiger partial charge in [-0.05, 0) is 62.7 Å². The van der Waals surface area contributed by atoms with Crippen LogP contribution in [0.1, 0.15) is 47.0 Å². The van der Waals surface area contributed by atoms with E-state index in [1.54, 1.807) is 33.8 Å². The second-order valence-electron chi connectivity index (χ2n) is 10.9. The fraction of sp³-hybridized carbons (Fsp3) is 0.704. The predicted molar refractivity (Wildman–Crippen MR) is 133 cm³/mol. The van der Waals surface area contributed by atoms with E-state index >= 15 is 4.39 Å². The molecule has 12 heteroatoms.